The zero-order valence-corrected chi connectivity index (χ0v) is 20.7. The van der Waals surface area contributed by atoms with Crippen LogP contribution >= 0.6 is 34.9 Å². The van der Waals surface area contributed by atoms with Crippen LogP contribution in [-0.4, -0.2) is 51.9 Å². The Morgan fingerprint density at radius 2 is 1.81 bits per heavy atom. The molecule has 0 bridgehead atoms. The topological polar surface area (TPSA) is 79.4 Å². The molecule has 3 unspecified atom stereocenters. The fourth-order valence-electron chi connectivity index (χ4n) is 4.52. The van der Waals surface area contributed by atoms with Crippen molar-refractivity contribution in [3.63, 3.8) is 0 Å². The van der Waals surface area contributed by atoms with Crippen LogP contribution < -0.4 is 5.32 Å². The molecule has 1 aromatic heterocycles. The zero-order chi connectivity index (χ0) is 22.7. The van der Waals surface area contributed by atoms with Gasteiger partial charge < -0.3 is 5.32 Å². The number of benzene rings is 1. The molecule has 0 spiro atoms. The van der Waals surface area contributed by atoms with Gasteiger partial charge in [0.15, 0.2) is 5.13 Å². The molecule has 9 heteroatoms. The van der Waals surface area contributed by atoms with Gasteiger partial charge in [-0.2, -0.15) is 11.8 Å². The van der Waals surface area contributed by atoms with Crippen LogP contribution in [0.2, 0.25) is 0 Å². The highest BCUT2D eigenvalue weighted by Gasteiger charge is 2.51. The molecule has 1 aliphatic heterocycles. The van der Waals surface area contributed by atoms with E-state index in [1.165, 1.54) is 21.1 Å². The first-order valence-electron chi connectivity index (χ1n) is 10.8. The fourth-order valence-corrected chi connectivity index (χ4v) is 6.11. The number of anilines is 1. The molecule has 1 N–H and O–H groups in total. The van der Waals surface area contributed by atoms with E-state index in [9.17, 15) is 14.4 Å². The second-order valence-electron chi connectivity index (χ2n) is 8.10. The molecule has 2 aromatic rings. The number of nitrogens with one attached hydrogen (secondary N) is 1. The van der Waals surface area contributed by atoms with E-state index in [-0.39, 0.29) is 29.6 Å². The Hall–Kier alpha value is -1.84. The summed E-state index contributed by atoms with van der Waals surface area (Å²) in [5.41, 5.74) is 1.77. The van der Waals surface area contributed by atoms with Gasteiger partial charge in [-0.25, -0.2) is 4.98 Å². The number of fused-ring (bicyclic) bond motifs is 1. The third-order valence-electron chi connectivity index (χ3n) is 6.21. The molecule has 2 fully saturated rings. The Morgan fingerprint density at radius 1 is 1.16 bits per heavy atom. The molecule has 0 radical (unpaired) electrons. The molecule has 1 aromatic carbocycles. The third-order valence-corrected chi connectivity index (χ3v) is 8.35. The summed E-state index contributed by atoms with van der Waals surface area (Å²) in [6.45, 7) is 0. The van der Waals surface area contributed by atoms with E-state index in [1.54, 1.807) is 23.5 Å². The monoisotopic (exact) mass is 489 g/mol. The highest BCUT2D eigenvalue weighted by Crippen LogP contribution is 2.39. The number of imide groups is 1. The minimum atomic E-state index is -0.790. The number of thiazole rings is 1. The largest absolute Gasteiger partial charge is 0.300 e. The molecule has 1 aliphatic carbocycles. The number of carbonyl (C=O) groups excluding carboxylic acids is 3. The number of thioether (sulfide) groups is 2. The summed E-state index contributed by atoms with van der Waals surface area (Å²) in [4.78, 5) is 46.3. The predicted octanol–water partition coefficient (Wildman–Crippen LogP) is 4.77. The highest BCUT2D eigenvalue weighted by molar-refractivity contribution is 7.98. The van der Waals surface area contributed by atoms with Gasteiger partial charge in [0.05, 0.1) is 17.5 Å². The van der Waals surface area contributed by atoms with Gasteiger partial charge in [-0.3, -0.25) is 19.3 Å². The summed E-state index contributed by atoms with van der Waals surface area (Å²) in [5.74, 6) is -0.495. The molecule has 170 valence electrons. The summed E-state index contributed by atoms with van der Waals surface area (Å²) in [5, 5.41) is 5.25. The van der Waals surface area contributed by atoms with Gasteiger partial charge in [-0.15, -0.1) is 23.1 Å². The number of amides is 3. The molecule has 1 saturated carbocycles. The molecule has 6 nitrogen and oxygen atoms in total. The lowest BCUT2D eigenvalue weighted by Gasteiger charge is -2.25. The Balaban J connectivity index is 1.51. The lowest BCUT2D eigenvalue weighted by molar-refractivity contribution is -0.146. The van der Waals surface area contributed by atoms with Gasteiger partial charge in [-0.1, -0.05) is 25.0 Å². The Bertz CT molecular complexity index is 968. The lowest BCUT2D eigenvalue weighted by atomic mass is 9.81. The quantitative estimate of drug-likeness (QED) is 0.425. The number of nitrogens with zero attached hydrogens (tertiary/aromatic N) is 2. The van der Waals surface area contributed by atoms with Crippen molar-refractivity contribution in [3.05, 3.63) is 29.6 Å². The van der Waals surface area contributed by atoms with Crippen LogP contribution in [-0.2, 0) is 14.4 Å². The van der Waals surface area contributed by atoms with Crippen LogP contribution in [0.5, 0.6) is 0 Å². The van der Waals surface area contributed by atoms with Crippen molar-refractivity contribution in [1.29, 1.82) is 0 Å². The number of rotatable bonds is 8. The van der Waals surface area contributed by atoms with Crippen LogP contribution in [0.1, 0.15) is 32.1 Å². The maximum absolute atomic E-state index is 13.2. The first kappa shape index (κ1) is 23.3. The SMILES string of the molecule is CSCCC(C(=O)Nc1nc(-c2ccc(SC)cc2)cs1)N1C(=O)C2CCCCC2C1=O. The van der Waals surface area contributed by atoms with Crippen LogP contribution in [0, 0.1) is 11.8 Å². The van der Waals surface area contributed by atoms with Crippen LogP contribution in [0.25, 0.3) is 11.3 Å². The number of hydrogen-bond donors (Lipinski definition) is 1. The molecule has 3 atom stereocenters. The van der Waals surface area contributed by atoms with Crippen molar-refractivity contribution in [2.75, 3.05) is 23.6 Å². The third kappa shape index (κ3) is 4.75. The fraction of sp³-hybridized carbons (Fsp3) is 0.478. The first-order chi connectivity index (χ1) is 15.5. The van der Waals surface area contributed by atoms with E-state index < -0.39 is 6.04 Å². The molecule has 1 saturated heterocycles. The van der Waals surface area contributed by atoms with Crippen molar-refractivity contribution in [3.8, 4) is 11.3 Å². The van der Waals surface area contributed by atoms with E-state index in [0.717, 1.165) is 36.9 Å². The maximum Gasteiger partial charge on any atom is 0.249 e. The van der Waals surface area contributed by atoms with Crippen LogP contribution in [0.3, 0.4) is 0 Å². The van der Waals surface area contributed by atoms with Crippen molar-refractivity contribution < 1.29 is 14.4 Å². The van der Waals surface area contributed by atoms with E-state index in [4.69, 9.17) is 0 Å². The Morgan fingerprint density at radius 3 is 2.41 bits per heavy atom. The maximum atomic E-state index is 13.2. The van der Waals surface area contributed by atoms with Gasteiger partial charge in [-0.05, 0) is 49.7 Å². The van der Waals surface area contributed by atoms with Crippen LogP contribution in [0.4, 0.5) is 5.13 Å². The molecule has 2 aliphatic rings. The molecule has 2 heterocycles. The molecular formula is C23H27N3O3S3. The normalized spacial score (nSPS) is 21.5. The Kier molecular flexibility index (Phi) is 7.58. The summed E-state index contributed by atoms with van der Waals surface area (Å²) >= 11 is 4.63. The van der Waals surface area contributed by atoms with Crippen molar-refractivity contribution in [1.82, 2.24) is 9.88 Å². The van der Waals surface area contributed by atoms with Gasteiger partial charge in [0.25, 0.3) is 0 Å². The molecule has 4 rings (SSSR count). The number of likely N-dealkylation sites (tertiary alicyclic amines) is 1. The molecular weight excluding hydrogens is 462 g/mol. The number of aromatic nitrogens is 1. The van der Waals surface area contributed by atoms with Gasteiger partial charge in [0, 0.05) is 15.8 Å². The number of carbonyl (C=O) groups is 3. The van der Waals surface area contributed by atoms with E-state index >= 15 is 0 Å². The van der Waals surface area contributed by atoms with Crippen molar-refractivity contribution >= 4 is 57.7 Å². The van der Waals surface area contributed by atoms with E-state index in [0.29, 0.717) is 17.3 Å². The van der Waals surface area contributed by atoms with Crippen molar-refractivity contribution in [2.45, 2.75) is 43.0 Å². The predicted molar refractivity (Wildman–Crippen MR) is 132 cm³/mol. The lowest BCUT2D eigenvalue weighted by Crippen LogP contribution is -2.48. The van der Waals surface area contributed by atoms with E-state index in [1.807, 2.05) is 42.2 Å². The molecule has 32 heavy (non-hydrogen) atoms. The van der Waals surface area contributed by atoms with Crippen molar-refractivity contribution in [2.24, 2.45) is 11.8 Å². The average molecular weight is 490 g/mol. The Labute approximate surface area is 200 Å². The minimum Gasteiger partial charge on any atom is -0.300 e. The second-order valence-corrected chi connectivity index (χ2v) is 10.8. The van der Waals surface area contributed by atoms with Gasteiger partial charge in [0.2, 0.25) is 17.7 Å². The standard InChI is InChI=1S/C23H27N3O3S3/c1-30-12-11-19(26-21(28)16-5-3-4-6-17(16)22(26)29)20(27)25-23-24-18(13-32-23)14-7-9-15(31-2)10-8-14/h7-10,13,16-17,19H,3-6,11-12H2,1-2H3,(H,24,25,27). The zero-order valence-electron chi connectivity index (χ0n) is 18.2. The minimum absolute atomic E-state index is 0.172. The van der Waals surface area contributed by atoms with E-state index in [2.05, 4.69) is 10.3 Å². The van der Waals surface area contributed by atoms with Gasteiger partial charge >= 0.3 is 0 Å². The first-order valence-corrected chi connectivity index (χ1v) is 14.3. The van der Waals surface area contributed by atoms with Gasteiger partial charge in [0.1, 0.15) is 6.04 Å². The summed E-state index contributed by atoms with van der Waals surface area (Å²) in [6.07, 6.45) is 7.85. The summed E-state index contributed by atoms with van der Waals surface area (Å²) < 4.78 is 0. The second kappa shape index (κ2) is 10.4. The smallest absolute Gasteiger partial charge is 0.249 e. The van der Waals surface area contributed by atoms with Crippen LogP contribution in [0.15, 0.2) is 34.5 Å². The highest BCUT2D eigenvalue weighted by atomic mass is 32.2. The summed E-state index contributed by atoms with van der Waals surface area (Å²) in [6, 6.07) is 7.31. The molecule has 3 amide bonds. The average Bonchev–Trinajstić information content (AvgIpc) is 3.38. The summed E-state index contributed by atoms with van der Waals surface area (Å²) in [7, 11) is 0. The number of hydrogen-bond acceptors (Lipinski definition) is 7.